The third-order valence-corrected chi connectivity index (χ3v) is 6.36. The van der Waals surface area contributed by atoms with Gasteiger partial charge in [0.05, 0.1) is 6.26 Å². The summed E-state index contributed by atoms with van der Waals surface area (Å²) in [6.45, 7) is 6.02. The Balaban J connectivity index is 1.74. The molecule has 0 aromatic heterocycles. The number of benzene rings is 4. The van der Waals surface area contributed by atoms with Gasteiger partial charge in [0.25, 0.3) is 0 Å². The van der Waals surface area contributed by atoms with Crippen LogP contribution in [0.5, 0.6) is 23.0 Å². The predicted molar refractivity (Wildman–Crippen MR) is 141 cm³/mol. The van der Waals surface area contributed by atoms with Crippen molar-refractivity contribution < 1.29 is 27.6 Å². The molecule has 6 nitrogen and oxygen atoms in total. The van der Waals surface area contributed by atoms with Crippen LogP contribution in [0.4, 0.5) is 0 Å². The number of aryl methyl sites for hydroxylation is 2. The van der Waals surface area contributed by atoms with Crippen molar-refractivity contribution in [3.8, 4) is 45.3 Å². The second kappa shape index (κ2) is 9.95. The topological polar surface area (TPSA) is 93.1 Å². The van der Waals surface area contributed by atoms with Crippen molar-refractivity contribution in [2.24, 2.45) is 0 Å². The lowest BCUT2D eigenvalue weighted by molar-refractivity contribution is 0.289. The Morgan fingerprint density at radius 1 is 0.806 bits per heavy atom. The van der Waals surface area contributed by atoms with Gasteiger partial charge < -0.3 is 19.1 Å². The molecule has 0 saturated carbocycles. The molecule has 4 aromatic carbocycles. The van der Waals surface area contributed by atoms with Crippen molar-refractivity contribution >= 4 is 10.1 Å². The van der Waals surface area contributed by atoms with E-state index in [4.69, 9.17) is 8.92 Å². The van der Waals surface area contributed by atoms with E-state index < -0.39 is 10.1 Å². The van der Waals surface area contributed by atoms with Crippen molar-refractivity contribution in [3.05, 3.63) is 95.1 Å². The van der Waals surface area contributed by atoms with Crippen LogP contribution < -0.4 is 8.92 Å². The standard InChI is InChI=1S/C29H28O6S/c1-18-5-7-21(8-6-18)17-34-27-14-11-23(16-26(27)31)25-15-19(2)28(22-9-12-24(30)13-10-22)20(3)29(25)35-36(4,32)33/h5-16,30-31H,17H2,1-4H3. The van der Waals surface area contributed by atoms with Crippen LogP contribution in [0.3, 0.4) is 0 Å². The minimum absolute atomic E-state index is 0.0668. The Kier molecular flexibility index (Phi) is 6.95. The van der Waals surface area contributed by atoms with Gasteiger partial charge in [-0.2, -0.15) is 8.42 Å². The van der Waals surface area contributed by atoms with E-state index in [0.717, 1.165) is 34.1 Å². The van der Waals surface area contributed by atoms with Gasteiger partial charge in [0.15, 0.2) is 17.2 Å². The quantitative estimate of drug-likeness (QED) is 0.288. The molecule has 0 amide bonds. The van der Waals surface area contributed by atoms with E-state index in [0.29, 0.717) is 29.0 Å². The number of phenols is 2. The molecule has 2 N–H and O–H groups in total. The normalized spacial score (nSPS) is 11.3. The molecule has 36 heavy (non-hydrogen) atoms. The molecule has 0 heterocycles. The Morgan fingerprint density at radius 2 is 1.44 bits per heavy atom. The molecule has 0 fully saturated rings. The fraction of sp³-hybridized carbons (Fsp3) is 0.172. The summed E-state index contributed by atoms with van der Waals surface area (Å²) in [5.41, 5.74) is 6.36. The Labute approximate surface area is 211 Å². The molecule has 0 aliphatic heterocycles. The van der Waals surface area contributed by atoms with E-state index in [1.807, 2.05) is 44.2 Å². The second-order valence-corrected chi connectivity index (χ2v) is 10.4. The number of hydrogen-bond donors (Lipinski definition) is 2. The lowest BCUT2D eigenvalue weighted by Gasteiger charge is -2.19. The van der Waals surface area contributed by atoms with Crippen LogP contribution in [-0.4, -0.2) is 24.9 Å². The van der Waals surface area contributed by atoms with Gasteiger partial charge in [-0.25, -0.2) is 0 Å². The SMILES string of the molecule is Cc1ccc(COc2ccc(-c3cc(C)c(-c4ccc(O)cc4)c(C)c3OS(C)(=O)=O)cc2O)cc1. The fourth-order valence-electron chi connectivity index (χ4n) is 4.16. The van der Waals surface area contributed by atoms with E-state index in [-0.39, 0.29) is 17.2 Å². The number of ether oxygens (including phenoxy) is 1. The summed E-state index contributed by atoms with van der Waals surface area (Å²) in [7, 11) is -3.84. The maximum Gasteiger partial charge on any atom is 0.306 e. The van der Waals surface area contributed by atoms with E-state index in [1.165, 1.54) is 6.07 Å². The van der Waals surface area contributed by atoms with Crippen molar-refractivity contribution in [3.63, 3.8) is 0 Å². The van der Waals surface area contributed by atoms with Crippen LogP contribution in [-0.2, 0) is 16.7 Å². The highest BCUT2D eigenvalue weighted by Crippen LogP contribution is 2.43. The summed E-state index contributed by atoms with van der Waals surface area (Å²) in [6, 6.07) is 21.4. The highest BCUT2D eigenvalue weighted by atomic mass is 32.2. The maximum absolute atomic E-state index is 12.2. The summed E-state index contributed by atoms with van der Waals surface area (Å²) in [5, 5.41) is 20.4. The monoisotopic (exact) mass is 504 g/mol. The highest BCUT2D eigenvalue weighted by Gasteiger charge is 2.21. The summed E-state index contributed by atoms with van der Waals surface area (Å²) in [4.78, 5) is 0. The van der Waals surface area contributed by atoms with Crippen molar-refractivity contribution in [1.29, 1.82) is 0 Å². The van der Waals surface area contributed by atoms with Gasteiger partial charge in [-0.15, -0.1) is 0 Å². The zero-order chi connectivity index (χ0) is 26.0. The summed E-state index contributed by atoms with van der Waals surface area (Å²) >= 11 is 0. The van der Waals surface area contributed by atoms with E-state index >= 15 is 0 Å². The first-order valence-corrected chi connectivity index (χ1v) is 13.2. The number of hydrogen-bond acceptors (Lipinski definition) is 6. The van der Waals surface area contributed by atoms with E-state index in [1.54, 1.807) is 43.3 Å². The molecule has 0 spiro atoms. The molecule has 4 aromatic rings. The van der Waals surface area contributed by atoms with E-state index in [2.05, 4.69) is 0 Å². The maximum atomic E-state index is 12.2. The third-order valence-electron chi connectivity index (χ3n) is 5.89. The van der Waals surface area contributed by atoms with Crippen LogP contribution in [0.1, 0.15) is 22.3 Å². The zero-order valence-corrected chi connectivity index (χ0v) is 21.4. The van der Waals surface area contributed by atoms with Gasteiger partial charge in [0, 0.05) is 11.1 Å². The third kappa shape index (κ3) is 5.63. The Morgan fingerprint density at radius 3 is 2.06 bits per heavy atom. The lowest BCUT2D eigenvalue weighted by Crippen LogP contribution is -2.09. The van der Waals surface area contributed by atoms with Crippen LogP contribution in [0.25, 0.3) is 22.3 Å². The van der Waals surface area contributed by atoms with Crippen molar-refractivity contribution in [2.75, 3.05) is 6.26 Å². The molecule has 186 valence electrons. The van der Waals surface area contributed by atoms with Crippen LogP contribution in [0.2, 0.25) is 0 Å². The summed E-state index contributed by atoms with van der Waals surface area (Å²) in [5.74, 6) is 0.569. The van der Waals surface area contributed by atoms with Gasteiger partial charge in [0.2, 0.25) is 0 Å². The molecular formula is C29H28O6S. The van der Waals surface area contributed by atoms with Crippen molar-refractivity contribution in [1.82, 2.24) is 0 Å². The Hall–Kier alpha value is -3.97. The smallest absolute Gasteiger partial charge is 0.306 e. The second-order valence-electron chi connectivity index (χ2n) is 8.86. The van der Waals surface area contributed by atoms with Gasteiger partial charge in [-0.05, 0) is 78.9 Å². The first-order valence-electron chi connectivity index (χ1n) is 11.4. The average molecular weight is 505 g/mol. The van der Waals surface area contributed by atoms with Gasteiger partial charge in [-0.1, -0.05) is 48.0 Å². The molecule has 7 heteroatoms. The molecular weight excluding hydrogens is 476 g/mol. The van der Waals surface area contributed by atoms with Crippen LogP contribution >= 0.6 is 0 Å². The summed E-state index contributed by atoms with van der Waals surface area (Å²) < 4.78 is 35.6. The zero-order valence-electron chi connectivity index (χ0n) is 20.6. The first kappa shape index (κ1) is 25.1. The lowest BCUT2D eigenvalue weighted by atomic mass is 9.90. The van der Waals surface area contributed by atoms with Crippen molar-refractivity contribution in [2.45, 2.75) is 27.4 Å². The largest absolute Gasteiger partial charge is 0.508 e. The predicted octanol–water partition coefficient (Wildman–Crippen LogP) is 6.27. The number of rotatable bonds is 7. The first-order chi connectivity index (χ1) is 17.0. The number of phenolic OH excluding ortho intramolecular Hbond substituents is 2. The molecule has 4 rings (SSSR count). The molecule has 0 atom stereocenters. The molecule has 0 radical (unpaired) electrons. The van der Waals surface area contributed by atoms with Crippen LogP contribution in [0.15, 0.2) is 72.8 Å². The highest BCUT2D eigenvalue weighted by molar-refractivity contribution is 7.86. The van der Waals surface area contributed by atoms with E-state index in [9.17, 15) is 18.6 Å². The van der Waals surface area contributed by atoms with Gasteiger partial charge >= 0.3 is 10.1 Å². The molecule has 0 aliphatic rings. The van der Waals surface area contributed by atoms with Crippen LogP contribution in [0, 0.1) is 20.8 Å². The minimum Gasteiger partial charge on any atom is -0.508 e. The number of aromatic hydroxyl groups is 2. The fourth-order valence-corrected chi connectivity index (χ4v) is 4.68. The summed E-state index contributed by atoms with van der Waals surface area (Å²) in [6.07, 6.45) is 0.996. The minimum atomic E-state index is -3.84. The van der Waals surface area contributed by atoms with Gasteiger partial charge in [0.1, 0.15) is 12.4 Å². The molecule has 0 aliphatic carbocycles. The van der Waals surface area contributed by atoms with Gasteiger partial charge in [-0.3, -0.25) is 0 Å². The molecule has 0 bridgehead atoms. The molecule has 0 unspecified atom stereocenters. The molecule has 0 saturated heterocycles. The Bertz CT molecular complexity index is 1510. The average Bonchev–Trinajstić information content (AvgIpc) is 2.81.